The fourth-order valence-electron chi connectivity index (χ4n) is 2.17. The van der Waals surface area contributed by atoms with Gasteiger partial charge in [0, 0.05) is 23.0 Å². The second-order valence-electron chi connectivity index (χ2n) is 4.78. The van der Waals surface area contributed by atoms with Crippen molar-refractivity contribution in [1.82, 2.24) is 4.98 Å². The molecule has 1 unspecified atom stereocenters. The molecule has 3 nitrogen and oxygen atoms in total. The number of ether oxygens (including phenoxy) is 1. The molecule has 0 radical (unpaired) electrons. The van der Waals surface area contributed by atoms with Crippen molar-refractivity contribution in [3.63, 3.8) is 0 Å². The molecule has 4 heteroatoms. The molecule has 2 aromatic rings. The Hall–Kier alpha value is -1.58. The first kappa shape index (κ1) is 14.8. The Morgan fingerprint density at radius 1 is 1.30 bits per heavy atom. The summed E-state index contributed by atoms with van der Waals surface area (Å²) in [6, 6.07) is 11.6. The van der Waals surface area contributed by atoms with Crippen molar-refractivity contribution < 1.29 is 4.74 Å². The van der Waals surface area contributed by atoms with Gasteiger partial charge in [0.2, 0.25) is 0 Å². The maximum atomic E-state index is 6.20. The monoisotopic (exact) mass is 290 g/mol. The quantitative estimate of drug-likeness (QED) is 0.888. The first-order valence-corrected chi connectivity index (χ1v) is 7.04. The SMILES string of the molecule is COc1ccc(Cl)cc1CC(N)CCc1ccccn1. The van der Waals surface area contributed by atoms with Gasteiger partial charge in [0.05, 0.1) is 7.11 Å². The molecule has 0 bridgehead atoms. The van der Waals surface area contributed by atoms with Gasteiger partial charge in [0.1, 0.15) is 5.75 Å². The molecule has 2 rings (SSSR count). The van der Waals surface area contributed by atoms with Crippen LogP contribution in [0.15, 0.2) is 42.6 Å². The highest BCUT2D eigenvalue weighted by Crippen LogP contribution is 2.24. The van der Waals surface area contributed by atoms with Crippen LogP contribution in [0.2, 0.25) is 5.02 Å². The molecule has 0 aliphatic carbocycles. The first-order chi connectivity index (χ1) is 9.69. The number of hydrogen-bond donors (Lipinski definition) is 1. The van der Waals surface area contributed by atoms with E-state index in [2.05, 4.69) is 4.98 Å². The fraction of sp³-hybridized carbons (Fsp3) is 0.312. The van der Waals surface area contributed by atoms with E-state index in [0.717, 1.165) is 36.3 Å². The van der Waals surface area contributed by atoms with Gasteiger partial charge in [-0.15, -0.1) is 0 Å². The predicted molar refractivity (Wildman–Crippen MR) is 82.2 cm³/mol. The van der Waals surface area contributed by atoms with Crippen molar-refractivity contribution in [2.75, 3.05) is 7.11 Å². The van der Waals surface area contributed by atoms with E-state index in [1.54, 1.807) is 13.3 Å². The third-order valence-corrected chi connectivity index (χ3v) is 3.46. The Balaban J connectivity index is 1.94. The zero-order valence-electron chi connectivity index (χ0n) is 11.6. The van der Waals surface area contributed by atoms with Gasteiger partial charge in [-0.25, -0.2) is 0 Å². The van der Waals surface area contributed by atoms with Gasteiger partial charge in [0.25, 0.3) is 0 Å². The zero-order chi connectivity index (χ0) is 14.4. The lowest BCUT2D eigenvalue weighted by atomic mass is 10.0. The van der Waals surface area contributed by atoms with Crippen LogP contribution in [0.3, 0.4) is 0 Å². The Morgan fingerprint density at radius 3 is 2.85 bits per heavy atom. The van der Waals surface area contributed by atoms with Gasteiger partial charge in [-0.3, -0.25) is 4.98 Å². The normalized spacial score (nSPS) is 12.2. The van der Waals surface area contributed by atoms with Crippen molar-refractivity contribution in [1.29, 1.82) is 0 Å². The minimum Gasteiger partial charge on any atom is -0.496 e. The summed E-state index contributed by atoms with van der Waals surface area (Å²) in [5.74, 6) is 0.836. The molecule has 0 amide bonds. The Kier molecular flexibility index (Phi) is 5.39. The van der Waals surface area contributed by atoms with Crippen LogP contribution >= 0.6 is 11.6 Å². The fourth-order valence-corrected chi connectivity index (χ4v) is 2.37. The Bertz CT molecular complexity index is 545. The van der Waals surface area contributed by atoms with Crippen molar-refractivity contribution >= 4 is 11.6 Å². The molecule has 106 valence electrons. The van der Waals surface area contributed by atoms with Crippen LogP contribution in [0.25, 0.3) is 0 Å². The number of rotatable bonds is 6. The molecule has 1 atom stereocenters. The number of aromatic nitrogens is 1. The lowest BCUT2D eigenvalue weighted by Gasteiger charge is -2.14. The predicted octanol–water partition coefficient (Wildman–Crippen LogP) is 3.25. The highest BCUT2D eigenvalue weighted by Gasteiger charge is 2.10. The molecular formula is C16H19ClN2O. The molecule has 1 heterocycles. The van der Waals surface area contributed by atoms with Crippen molar-refractivity contribution in [2.45, 2.75) is 25.3 Å². The van der Waals surface area contributed by atoms with E-state index in [0.29, 0.717) is 5.02 Å². The lowest BCUT2D eigenvalue weighted by molar-refractivity contribution is 0.407. The van der Waals surface area contributed by atoms with Crippen molar-refractivity contribution in [3.8, 4) is 5.75 Å². The number of nitrogens with two attached hydrogens (primary N) is 1. The van der Waals surface area contributed by atoms with E-state index < -0.39 is 0 Å². The maximum Gasteiger partial charge on any atom is 0.122 e. The second kappa shape index (κ2) is 7.27. The highest BCUT2D eigenvalue weighted by atomic mass is 35.5. The summed E-state index contributed by atoms with van der Waals surface area (Å²) in [6.07, 6.45) is 4.31. The number of nitrogens with zero attached hydrogens (tertiary/aromatic N) is 1. The van der Waals surface area contributed by atoms with Gasteiger partial charge in [-0.2, -0.15) is 0 Å². The number of pyridine rings is 1. The summed E-state index contributed by atoms with van der Waals surface area (Å²) < 4.78 is 5.34. The minimum absolute atomic E-state index is 0.0596. The second-order valence-corrected chi connectivity index (χ2v) is 5.22. The summed E-state index contributed by atoms with van der Waals surface area (Å²) in [6.45, 7) is 0. The molecule has 0 aliphatic rings. The summed E-state index contributed by atoms with van der Waals surface area (Å²) in [7, 11) is 1.66. The third-order valence-electron chi connectivity index (χ3n) is 3.22. The third kappa shape index (κ3) is 4.22. The number of halogens is 1. The number of benzene rings is 1. The number of hydrogen-bond acceptors (Lipinski definition) is 3. The minimum atomic E-state index is 0.0596. The highest BCUT2D eigenvalue weighted by molar-refractivity contribution is 6.30. The van der Waals surface area contributed by atoms with Crippen LogP contribution in [0.1, 0.15) is 17.7 Å². The van der Waals surface area contributed by atoms with Gasteiger partial charge in [0.15, 0.2) is 0 Å². The topological polar surface area (TPSA) is 48.1 Å². The van der Waals surface area contributed by atoms with Gasteiger partial charge >= 0.3 is 0 Å². The standard InChI is InChI=1S/C16H19ClN2O/c1-20-16-8-5-13(17)10-12(16)11-14(18)6-7-15-4-2-3-9-19-15/h2-5,8-10,14H,6-7,11,18H2,1H3. The van der Waals surface area contributed by atoms with Crippen LogP contribution in [0.5, 0.6) is 5.75 Å². The van der Waals surface area contributed by atoms with Crippen LogP contribution in [-0.4, -0.2) is 18.1 Å². The van der Waals surface area contributed by atoms with Crippen LogP contribution in [-0.2, 0) is 12.8 Å². The van der Waals surface area contributed by atoms with Gasteiger partial charge in [-0.05, 0) is 55.2 Å². The molecule has 0 aliphatic heterocycles. The van der Waals surface area contributed by atoms with Crippen LogP contribution < -0.4 is 10.5 Å². The zero-order valence-corrected chi connectivity index (χ0v) is 12.3. The van der Waals surface area contributed by atoms with E-state index in [-0.39, 0.29) is 6.04 Å². The lowest BCUT2D eigenvalue weighted by Crippen LogP contribution is -2.24. The van der Waals surface area contributed by atoms with E-state index in [1.807, 2.05) is 36.4 Å². The van der Waals surface area contributed by atoms with E-state index in [4.69, 9.17) is 22.1 Å². The average molecular weight is 291 g/mol. The largest absolute Gasteiger partial charge is 0.496 e. The van der Waals surface area contributed by atoms with E-state index >= 15 is 0 Å². The summed E-state index contributed by atoms with van der Waals surface area (Å²) in [4.78, 5) is 4.30. The summed E-state index contributed by atoms with van der Waals surface area (Å²) >= 11 is 6.02. The summed E-state index contributed by atoms with van der Waals surface area (Å²) in [5.41, 5.74) is 8.32. The molecule has 0 fully saturated rings. The van der Waals surface area contributed by atoms with Crippen LogP contribution in [0.4, 0.5) is 0 Å². The number of methoxy groups -OCH3 is 1. The molecule has 0 saturated carbocycles. The average Bonchev–Trinajstić information content (AvgIpc) is 2.46. The van der Waals surface area contributed by atoms with Crippen molar-refractivity contribution in [2.24, 2.45) is 5.73 Å². The van der Waals surface area contributed by atoms with E-state index in [9.17, 15) is 0 Å². The summed E-state index contributed by atoms with van der Waals surface area (Å²) in [5, 5.41) is 0.706. The maximum absolute atomic E-state index is 6.20. The van der Waals surface area contributed by atoms with Crippen molar-refractivity contribution in [3.05, 3.63) is 58.9 Å². The molecule has 20 heavy (non-hydrogen) atoms. The molecule has 0 saturated heterocycles. The Labute approximate surface area is 124 Å². The Morgan fingerprint density at radius 2 is 2.15 bits per heavy atom. The molecular weight excluding hydrogens is 272 g/mol. The van der Waals surface area contributed by atoms with E-state index in [1.165, 1.54) is 0 Å². The van der Waals surface area contributed by atoms with Gasteiger partial charge in [-0.1, -0.05) is 17.7 Å². The molecule has 2 N–H and O–H groups in total. The van der Waals surface area contributed by atoms with Crippen LogP contribution in [0, 0.1) is 0 Å². The molecule has 0 spiro atoms. The smallest absolute Gasteiger partial charge is 0.122 e. The molecule has 1 aromatic carbocycles. The van der Waals surface area contributed by atoms with Gasteiger partial charge < -0.3 is 10.5 Å². The first-order valence-electron chi connectivity index (χ1n) is 6.67. The molecule has 1 aromatic heterocycles. The number of aryl methyl sites for hydroxylation is 1.